The minimum atomic E-state index is 0.207. The zero-order valence-electron chi connectivity index (χ0n) is 16.5. The van der Waals surface area contributed by atoms with Crippen molar-refractivity contribution in [1.82, 2.24) is 29.4 Å². The highest BCUT2D eigenvalue weighted by atomic mass is 35.5. The lowest BCUT2D eigenvalue weighted by atomic mass is 10.2. The summed E-state index contributed by atoms with van der Waals surface area (Å²) in [6.07, 6.45) is 6.14. The minimum Gasteiger partial charge on any atom is -0.341 e. The molecule has 0 unspecified atom stereocenters. The zero-order valence-corrected chi connectivity index (χ0v) is 17.2. The molecule has 7 nitrogen and oxygen atoms in total. The van der Waals surface area contributed by atoms with E-state index < -0.39 is 0 Å². The summed E-state index contributed by atoms with van der Waals surface area (Å²) < 4.78 is 3.59. The lowest BCUT2D eigenvalue weighted by molar-refractivity contribution is -0.131. The van der Waals surface area contributed by atoms with Crippen molar-refractivity contribution < 1.29 is 4.79 Å². The standard InChI is InChI=1S/C19H29ClN6O/c1-4-17-16(19(20)23(3)22-17)14-24-7-5-8-25(11-10-24)18(27)6-9-26-13-15(2)12-21-26/h12-13H,4-11,14H2,1-3H3. The summed E-state index contributed by atoms with van der Waals surface area (Å²) in [6.45, 7) is 8.95. The van der Waals surface area contributed by atoms with Crippen LogP contribution in [0.4, 0.5) is 0 Å². The summed E-state index contributed by atoms with van der Waals surface area (Å²) >= 11 is 6.43. The second-order valence-corrected chi connectivity index (χ2v) is 7.59. The number of aryl methyl sites for hydroxylation is 4. The molecule has 1 fully saturated rings. The first-order valence-corrected chi connectivity index (χ1v) is 10.0. The molecule has 148 valence electrons. The zero-order chi connectivity index (χ0) is 19.4. The average Bonchev–Trinajstić information content (AvgIpc) is 3.08. The fraction of sp³-hybridized carbons (Fsp3) is 0.632. The molecule has 1 amide bonds. The van der Waals surface area contributed by atoms with Crippen LogP contribution in [-0.4, -0.2) is 61.4 Å². The van der Waals surface area contributed by atoms with Crippen molar-refractivity contribution in [1.29, 1.82) is 0 Å². The predicted octanol–water partition coefficient (Wildman–Crippen LogP) is 2.27. The van der Waals surface area contributed by atoms with E-state index in [4.69, 9.17) is 11.6 Å². The molecule has 0 atom stereocenters. The summed E-state index contributed by atoms with van der Waals surface area (Å²) in [6, 6.07) is 0. The third-order valence-corrected chi connectivity index (χ3v) is 5.60. The molecule has 1 aliphatic rings. The highest BCUT2D eigenvalue weighted by Crippen LogP contribution is 2.22. The van der Waals surface area contributed by atoms with E-state index in [0.717, 1.165) is 67.5 Å². The predicted molar refractivity (Wildman–Crippen MR) is 106 cm³/mol. The number of carbonyl (C=O) groups is 1. The Labute approximate surface area is 165 Å². The second-order valence-electron chi connectivity index (χ2n) is 7.23. The molecule has 0 bridgehead atoms. The molecule has 0 spiro atoms. The fourth-order valence-corrected chi connectivity index (χ4v) is 3.81. The van der Waals surface area contributed by atoms with Crippen LogP contribution in [0.15, 0.2) is 12.4 Å². The number of aromatic nitrogens is 4. The van der Waals surface area contributed by atoms with E-state index in [1.807, 2.05) is 35.9 Å². The Kier molecular flexibility index (Phi) is 6.55. The summed E-state index contributed by atoms with van der Waals surface area (Å²) in [4.78, 5) is 17.0. The number of hydrogen-bond acceptors (Lipinski definition) is 4. The first kappa shape index (κ1) is 19.9. The largest absolute Gasteiger partial charge is 0.341 e. The normalized spacial score (nSPS) is 15.9. The molecule has 2 aromatic heterocycles. The molecule has 8 heteroatoms. The van der Waals surface area contributed by atoms with E-state index in [0.29, 0.717) is 13.0 Å². The molecular formula is C19H29ClN6O. The van der Waals surface area contributed by atoms with E-state index in [1.54, 1.807) is 4.68 Å². The molecule has 1 saturated heterocycles. The Morgan fingerprint density at radius 3 is 2.78 bits per heavy atom. The van der Waals surface area contributed by atoms with Crippen LogP contribution >= 0.6 is 11.6 Å². The Morgan fingerprint density at radius 1 is 1.26 bits per heavy atom. The molecule has 0 N–H and O–H groups in total. The first-order chi connectivity index (χ1) is 13.0. The maximum absolute atomic E-state index is 12.6. The van der Waals surface area contributed by atoms with Crippen molar-refractivity contribution in [2.45, 2.75) is 46.2 Å². The smallest absolute Gasteiger partial charge is 0.224 e. The van der Waals surface area contributed by atoms with Gasteiger partial charge in [0.05, 0.1) is 11.9 Å². The quantitative estimate of drug-likeness (QED) is 0.756. The molecule has 0 radical (unpaired) electrons. The van der Waals surface area contributed by atoms with Gasteiger partial charge in [0.2, 0.25) is 5.91 Å². The summed E-state index contributed by atoms with van der Waals surface area (Å²) in [5, 5.41) is 9.48. The topological polar surface area (TPSA) is 59.2 Å². The Bertz CT molecular complexity index is 783. The van der Waals surface area contributed by atoms with Gasteiger partial charge in [-0.1, -0.05) is 18.5 Å². The van der Waals surface area contributed by atoms with Crippen LogP contribution in [0.3, 0.4) is 0 Å². The fourth-order valence-electron chi connectivity index (χ4n) is 3.60. The van der Waals surface area contributed by atoms with Crippen LogP contribution < -0.4 is 0 Å². The van der Waals surface area contributed by atoms with Crippen molar-refractivity contribution >= 4 is 17.5 Å². The van der Waals surface area contributed by atoms with Gasteiger partial charge in [-0.05, 0) is 25.3 Å². The van der Waals surface area contributed by atoms with Crippen molar-refractivity contribution in [3.8, 4) is 0 Å². The van der Waals surface area contributed by atoms with Gasteiger partial charge in [-0.3, -0.25) is 19.1 Å². The molecule has 2 aromatic rings. The maximum Gasteiger partial charge on any atom is 0.224 e. The second kappa shape index (κ2) is 8.89. The van der Waals surface area contributed by atoms with Gasteiger partial charge in [0.15, 0.2) is 0 Å². The van der Waals surface area contributed by atoms with E-state index >= 15 is 0 Å². The molecule has 3 heterocycles. The minimum absolute atomic E-state index is 0.207. The van der Waals surface area contributed by atoms with Gasteiger partial charge in [-0.25, -0.2) is 0 Å². The van der Waals surface area contributed by atoms with Crippen LogP contribution in [0.5, 0.6) is 0 Å². The number of amides is 1. The Hall–Kier alpha value is -1.86. The van der Waals surface area contributed by atoms with Crippen molar-refractivity contribution in [3.63, 3.8) is 0 Å². The van der Waals surface area contributed by atoms with E-state index in [2.05, 4.69) is 22.0 Å². The van der Waals surface area contributed by atoms with Crippen LogP contribution in [-0.2, 0) is 31.4 Å². The number of halogens is 1. The van der Waals surface area contributed by atoms with Crippen LogP contribution in [0.2, 0.25) is 5.15 Å². The molecule has 0 saturated carbocycles. The number of hydrogen-bond donors (Lipinski definition) is 0. The van der Waals surface area contributed by atoms with Crippen molar-refractivity contribution in [2.75, 3.05) is 26.2 Å². The molecule has 27 heavy (non-hydrogen) atoms. The maximum atomic E-state index is 12.6. The van der Waals surface area contributed by atoms with Gasteiger partial charge in [0.25, 0.3) is 0 Å². The Morgan fingerprint density at radius 2 is 2.07 bits per heavy atom. The number of nitrogens with zero attached hydrogens (tertiary/aromatic N) is 6. The first-order valence-electron chi connectivity index (χ1n) is 9.67. The number of carbonyl (C=O) groups excluding carboxylic acids is 1. The lowest BCUT2D eigenvalue weighted by Gasteiger charge is -2.22. The Balaban J connectivity index is 1.53. The van der Waals surface area contributed by atoms with Gasteiger partial charge in [0.1, 0.15) is 5.15 Å². The molecule has 3 rings (SSSR count). The lowest BCUT2D eigenvalue weighted by Crippen LogP contribution is -2.35. The third kappa shape index (κ3) is 4.90. The van der Waals surface area contributed by atoms with Crippen LogP contribution in [0, 0.1) is 6.92 Å². The van der Waals surface area contributed by atoms with Gasteiger partial charge < -0.3 is 4.90 Å². The monoisotopic (exact) mass is 392 g/mol. The summed E-state index contributed by atoms with van der Waals surface area (Å²) in [5.74, 6) is 0.207. The van der Waals surface area contributed by atoms with Gasteiger partial charge in [0, 0.05) is 64.5 Å². The summed E-state index contributed by atoms with van der Waals surface area (Å²) in [7, 11) is 1.88. The van der Waals surface area contributed by atoms with Crippen LogP contribution in [0.1, 0.15) is 36.6 Å². The van der Waals surface area contributed by atoms with Crippen molar-refractivity contribution in [3.05, 3.63) is 34.4 Å². The highest BCUT2D eigenvalue weighted by Gasteiger charge is 2.22. The molecule has 0 aliphatic carbocycles. The van der Waals surface area contributed by atoms with E-state index in [1.165, 1.54) is 0 Å². The third-order valence-electron chi connectivity index (χ3n) is 5.13. The van der Waals surface area contributed by atoms with E-state index in [-0.39, 0.29) is 5.91 Å². The van der Waals surface area contributed by atoms with Gasteiger partial charge in [-0.2, -0.15) is 10.2 Å². The average molecular weight is 393 g/mol. The van der Waals surface area contributed by atoms with E-state index in [9.17, 15) is 4.79 Å². The molecular weight excluding hydrogens is 364 g/mol. The van der Waals surface area contributed by atoms with Crippen LogP contribution in [0.25, 0.3) is 0 Å². The van der Waals surface area contributed by atoms with Gasteiger partial charge >= 0.3 is 0 Å². The highest BCUT2D eigenvalue weighted by molar-refractivity contribution is 6.30. The summed E-state index contributed by atoms with van der Waals surface area (Å²) in [5.41, 5.74) is 3.30. The molecule has 0 aromatic carbocycles. The molecule has 1 aliphatic heterocycles. The number of rotatable bonds is 6. The van der Waals surface area contributed by atoms with Crippen molar-refractivity contribution in [2.24, 2.45) is 7.05 Å². The van der Waals surface area contributed by atoms with Gasteiger partial charge in [-0.15, -0.1) is 0 Å². The SMILES string of the molecule is CCc1nn(C)c(Cl)c1CN1CCCN(C(=O)CCn2cc(C)cn2)CC1.